The molecule has 0 bridgehead atoms. The quantitative estimate of drug-likeness (QED) is 0.210. The molecule has 0 spiro atoms. The van der Waals surface area contributed by atoms with Crippen LogP contribution in [0.3, 0.4) is 0 Å². The number of primary amides is 1. The van der Waals surface area contributed by atoms with Crippen LogP contribution in [0.25, 0.3) is 0 Å². The number of phenolic OH excluding ortho intramolecular Hbond substituents is 1. The third-order valence-electron chi connectivity index (χ3n) is 8.85. The number of benzene rings is 2. The molecule has 7 atom stereocenters. The molecule has 3 aliphatic carbocycles. The number of ketones is 4. The number of nitrogens with one attached hydrogen (secondary N) is 1. The van der Waals surface area contributed by atoms with Crippen molar-refractivity contribution >= 4 is 29.0 Å². The van der Waals surface area contributed by atoms with E-state index in [-0.39, 0.29) is 24.3 Å². The largest absolute Gasteiger partial charge is 0.507 e. The molecule has 216 valence electrons. The van der Waals surface area contributed by atoms with Crippen molar-refractivity contribution in [2.75, 3.05) is 20.6 Å². The average Bonchev–Trinajstić information content (AvgIpc) is 2.92. The molecule has 2 aromatic carbocycles. The highest BCUT2D eigenvalue weighted by Crippen LogP contribution is 2.51. The fourth-order valence-electron chi connectivity index (χ4n) is 6.88. The standard InChI is InChI=1S/C30H33N3O8/c1-33(2)22-21-24(35)17-12-15-8-9-16(13-32-11-10-14-6-4-3-5-7-14)23(34)18(15)25(36)19(17)27(38)30(21,41)28(39)20(26(22)37)29(31)40/h3-9,17,19-22,24,32,34-35,41H,10-13H2,1-2H3,(H2,31,40)/t17-,19?,20?,21-,22+,24+,30+/m0/s1. The maximum Gasteiger partial charge on any atom is 0.235 e. The molecular weight excluding hydrogens is 530 g/mol. The van der Waals surface area contributed by atoms with E-state index in [1.54, 1.807) is 12.1 Å². The lowest BCUT2D eigenvalue weighted by molar-refractivity contribution is -0.195. The summed E-state index contributed by atoms with van der Waals surface area (Å²) < 4.78 is 0. The van der Waals surface area contributed by atoms with E-state index in [1.165, 1.54) is 19.0 Å². The Morgan fingerprint density at radius 1 is 1.07 bits per heavy atom. The van der Waals surface area contributed by atoms with E-state index in [9.17, 15) is 39.3 Å². The predicted molar refractivity (Wildman–Crippen MR) is 145 cm³/mol. The number of aliphatic hydroxyl groups is 2. The minimum absolute atomic E-state index is 0.0116. The lowest BCUT2D eigenvalue weighted by atomic mass is 9.51. The first kappa shape index (κ1) is 28.7. The number of hydrogen-bond donors (Lipinski definition) is 5. The molecular formula is C30H33N3O8. The summed E-state index contributed by atoms with van der Waals surface area (Å²) in [4.78, 5) is 67.6. The van der Waals surface area contributed by atoms with Crippen LogP contribution >= 0.6 is 0 Å². The number of carbonyl (C=O) groups excluding carboxylic acids is 5. The van der Waals surface area contributed by atoms with Gasteiger partial charge in [0.25, 0.3) is 0 Å². The number of nitrogens with zero attached hydrogens (tertiary/aromatic N) is 1. The van der Waals surface area contributed by atoms with Crippen molar-refractivity contribution in [3.8, 4) is 5.75 Å². The van der Waals surface area contributed by atoms with Crippen LogP contribution in [-0.4, -0.2) is 87.6 Å². The maximum absolute atomic E-state index is 13.9. The molecule has 1 amide bonds. The summed E-state index contributed by atoms with van der Waals surface area (Å²) in [7, 11) is 2.91. The highest BCUT2D eigenvalue weighted by Gasteiger charge is 2.72. The number of aromatic hydroxyl groups is 1. The number of carbonyl (C=O) groups is 5. The van der Waals surface area contributed by atoms with Crippen molar-refractivity contribution in [1.29, 1.82) is 0 Å². The number of Topliss-reactive ketones (excluding diaryl/α,β-unsaturated/α-hetero) is 4. The summed E-state index contributed by atoms with van der Waals surface area (Å²) >= 11 is 0. The van der Waals surface area contributed by atoms with Crippen molar-refractivity contribution in [3.05, 3.63) is 64.7 Å². The van der Waals surface area contributed by atoms with Gasteiger partial charge in [0, 0.05) is 18.0 Å². The van der Waals surface area contributed by atoms with E-state index in [4.69, 9.17) is 5.73 Å². The van der Waals surface area contributed by atoms with Crippen LogP contribution in [0, 0.1) is 23.7 Å². The van der Waals surface area contributed by atoms with E-state index in [2.05, 4.69) is 5.32 Å². The summed E-state index contributed by atoms with van der Waals surface area (Å²) in [5, 5.41) is 37.5. The number of likely N-dealkylation sites (N-methyl/N-ethyl adjacent to an activating group) is 1. The molecule has 0 heterocycles. The number of hydrogen-bond acceptors (Lipinski definition) is 10. The van der Waals surface area contributed by atoms with E-state index < -0.39 is 70.5 Å². The van der Waals surface area contributed by atoms with Gasteiger partial charge in [-0.15, -0.1) is 0 Å². The number of amides is 1. The zero-order chi connectivity index (χ0) is 29.8. The SMILES string of the molecule is CN(C)[C@H]1C(=O)C(C(N)=O)C(=O)[C@]2(O)C(=O)C3C(=O)c4c(ccc(CNCCc5ccccc5)c4O)C[C@@H]3[C@@H](O)[C@H]12. The smallest absolute Gasteiger partial charge is 0.235 e. The first-order valence-corrected chi connectivity index (χ1v) is 13.5. The Kier molecular flexibility index (Phi) is 7.41. The number of phenols is 1. The summed E-state index contributed by atoms with van der Waals surface area (Å²) in [5.74, 6) is -12.5. The first-order valence-electron chi connectivity index (χ1n) is 13.5. The lowest BCUT2D eigenvalue weighted by Crippen LogP contribution is -2.77. The second kappa shape index (κ2) is 10.6. The summed E-state index contributed by atoms with van der Waals surface area (Å²) in [6.45, 7) is 0.842. The minimum atomic E-state index is -3.00. The van der Waals surface area contributed by atoms with E-state index >= 15 is 0 Å². The van der Waals surface area contributed by atoms with Gasteiger partial charge in [-0.1, -0.05) is 42.5 Å². The fraction of sp³-hybridized carbons (Fsp3) is 0.433. The molecule has 0 aliphatic heterocycles. The average molecular weight is 564 g/mol. The van der Waals surface area contributed by atoms with E-state index in [0.717, 1.165) is 12.0 Å². The zero-order valence-corrected chi connectivity index (χ0v) is 22.7. The Hall–Kier alpha value is -3.77. The Bertz CT molecular complexity index is 1440. The number of aliphatic hydroxyl groups excluding tert-OH is 1. The summed E-state index contributed by atoms with van der Waals surface area (Å²) in [6, 6.07) is 11.7. The normalized spacial score (nSPS) is 31.0. The molecule has 2 unspecified atom stereocenters. The van der Waals surface area contributed by atoms with Crippen LogP contribution in [0.4, 0.5) is 0 Å². The van der Waals surface area contributed by atoms with Crippen molar-refractivity contribution < 1.29 is 39.3 Å². The molecule has 11 nitrogen and oxygen atoms in total. The Labute approximate surface area is 236 Å². The van der Waals surface area contributed by atoms with Gasteiger partial charge in [-0.05, 0) is 44.6 Å². The minimum Gasteiger partial charge on any atom is -0.507 e. The van der Waals surface area contributed by atoms with Crippen LogP contribution in [0.15, 0.2) is 42.5 Å². The highest BCUT2D eigenvalue weighted by molar-refractivity contribution is 6.32. The van der Waals surface area contributed by atoms with Gasteiger partial charge in [-0.2, -0.15) is 0 Å². The molecule has 2 saturated carbocycles. The van der Waals surface area contributed by atoms with Gasteiger partial charge in [0.1, 0.15) is 5.75 Å². The van der Waals surface area contributed by atoms with Crippen molar-refractivity contribution in [3.63, 3.8) is 0 Å². The highest BCUT2D eigenvalue weighted by atomic mass is 16.3. The van der Waals surface area contributed by atoms with Crippen molar-refractivity contribution in [1.82, 2.24) is 10.2 Å². The Morgan fingerprint density at radius 3 is 2.39 bits per heavy atom. The van der Waals surface area contributed by atoms with Crippen LogP contribution in [0.5, 0.6) is 5.75 Å². The number of nitrogens with two attached hydrogens (primary N) is 1. The first-order chi connectivity index (χ1) is 19.4. The predicted octanol–water partition coefficient (Wildman–Crippen LogP) is -0.830. The van der Waals surface area contributed by atoms with Crippen LogP contribution < -0.4 is 11.1 Å². The maximum atomic E-state index is 13.9. The zero-order valence-electron chi connectivity index (χ0n) is 22.7. The monoisotopic (exact) mass is 563 g/mol. The lowest BCUT2D eigenvalue weighted by Gasteiger charge is -2.54. The molecule has 6 N–H and O–H groups in total. The fourth-order valence-corrected chi connectivity index (χ4v) is 6.88. The second-order valence-electron chi connectivity index (χ2n) is 11.4. The van der Waals surface area contributed by atoms with Gasteiger partial charge in [-0.3, -0.25) is 28.9 Å². The van der Waals surface area contributed by atoms with E-state index in [1.807, 2.05) is 30.3 Å². The molecule has 11 heteroatoms. The topological polar surface area (TPSA) is 187 Å². The molecule has 0 aromatic heterocycles. The Morgan fingerprint density at radius 2 is 1.76 bits per heavy atom. The second-order valence-corrected chi connectivity index (χ2v) is 11.4. The number of rotatable bonds is 7. The van der Waals surface area contributed by atoms with Gasteiger partial charge in [0.15, 0.2) is 34.7 Å². The van der Waals surface area contributed by atoms with Crippen molar-refractivity contribution in [2.45, 2.75) is 37.1 Å². The van der Waals surface area contributed by atoms with Crippen LogP contribution in [0.1, 0.15) is 27.0 Å². The van der Waals surface area contributed by atoms with Gasteiger partial charge in [0.05, 0.1) is 29.5 Å². The van der Waals surface area contributed by atoms with Gasteiger partial charge >= 0.3 is 0 Å². The molecule has 41 heavy (non-hydrogen) atoms. The summed E-state index contributed by atoms with van der Waals surface area (Å²) in [5.41, 5.74) is 4.18. The van der Waals surface area contributed by atoms with Gasteiger partial charge in [-0.25, -0.2) is 0 Å². The van der Waals surface area contributed by atoms with Crippen molar-refractivity contribution in [2.24, 2.45) is 29.4 Å². The molecule has 0 radical (unpaired) electrons. The molecule has 5 rings (SSSR count). The third-order valence-corrected chi connectivity index (χ3v) is 8.85. The van der Waals surface area contributed by atoms with Crippen LogP contribution in [-0.2, 0) is 38.6 Å². The van der Waals surface area contributed by atoms with Gasteiger partial charge < -0.3 is 26.4 Å². The molecule has 2 fully saturated rings. The summed E-state index contributed by atoms with van der Waals surface area (Å²) in [6.07, 6.45) is -0.893. The van der Waals surface area contributed by atoms with E-state index in [0.29, 0.717) is 17.7 Å². The number of fused-ring (bicyclic) bond motifs is 3. The molecule has 3 aliphatic rings. The van der Waals surface area contributed by atoms with Gasteiger partial charge in [0.2, 0.25) is 5.91 Å². The Balaban J connectivity index is 1.47. The van der Waals surface area contributed by atoms with Crippen LogP contribution in [0.2, 0.25) is 0 Å². The molecule has 2 aromatic rings. The third kappa shape index (κ3) is 4.40. The molecule has 0 saturated heterocycles.